The quantitative estimate of drug-likeness (QED) is 0.631. The van der Waals surface area contributed by atoms with Gasteiger partial charge in [0.05, 0.1) is 24.9 Å². The Morgan fingerprint density at radius 2 is 1.91 bits per heavy atom. The van der Waals surface area contributed by atoms with Crippen molar-refractivity contribution in [2.45, 2.75) is 31.8 Å². The molecule has 1 saturated heterocycles. The van der Waals surface area contributed by atoms with Crippen molar-refractivity contribution in [3.05, 3.63) is 71.7 Å². The van der Waals surface area contributed by atoms with E-state index in [4.69, 9.17) is 9.47 Å². The molecule has 0 radical (unpaired) electrons. The van der Waals surface area contributed by atoms with Crippen LogP contribution in [0.1, 0.15) is 30.1 Å². The van der Waals surface area contributed by atoms with E-state index in [2.05, 4.69) is 20.3 Å². The van der Waals surface area contributed by atoms with E-state index < -0.39 is 11.6 Å². The highest BCUT2D eigenvalue weighted by Crippen LogP contribution is 2.37. The molecular weight excluding hydrogens is 428 g/mol. The summed E-state index contributed by atoms with van der Waals surface area (Å²) in [6, 6.07) is 9.18. The Balaban J connectivity index is 0.000000318. The number of hydrogen-bond acceptors (Lipinski definition) is 7. The van der Waals surface area contributed by atoms with E-state index in [1.54, 1.807) is 12.4 Å². The second-order valence-corrected chi connectivity index (χ2v) is 8.05. The number of anilines is 2. The molecule has 2 aliphatic heterocycles. The smallest absolute Gasteiger partial charge is 0.225 e. The van der Waals surface area contributed by atoms with Gasteiger partial charge in [-0.3, -0.25) is 4.98 Å². The van der Waals surface area contributed by atoms with Crippen molar-refractivity contribution >= 4 is 11.8 Å². The van der Waals surface area contributed by atoms with Gasteiger partial charge in [-0.1, -0.05) is 6.07 Å². The fourth-order valence-corrected chi connectivity index (χ4v) is 3.79. The molecule has 1 N–H and O–H groups in total. The van der Waals surface area contributed by atoms with Crippen molar-refractivity contribution < 1.29 is 18.3 Å². The minimum Gasteiger partial charge on any atom is -0.486 e. The number of fused-ring (bicyclic) bond motifs is 1. The molecule has 0 aliphatic carbocycles. The summed E-state index contributed by atoms with van der Waals surface area (Å²) in [5.74, 6) is 0.398. The third-order valence-corrected chi connectivity index (χ3v) is 5.51. The largest absolute Gasteiger partial charge is 0.486 e. The van der Waals surface area contributed by atoms with Crippen molar-refractivity contribution in [3.8, 4) is 5.75 Å². The third-order valence-electron chi connectivity index (χ3n) is 5.51. The van der Waals surface area contributed by atoms with Gasteiger partial charge < -0.3 is 19.7 Å². The lowest BCUT2D eigenvalue weighted by Crippen LogP contribution is -2.35. The SMILES string of the molecule is CN1c2nc(NC3CCCOC3)ncc2OCC1c1cc(F)cc(F)c1.Cc1ccccn1. The van der Waals surface area contributed by atoms with Crippen molar-refractivity contribution in [2.75, 3.05) is 37.1 Å². The molecule has 2 aliphatic rings. The number of pyridine rings is 1. The molecule has 2 unspecified atom stereocenters. The molecule has 7 nitrogen and oxygen atoms in total. The predicted molar refractivity (Wildman–Crippen MR) is 121 cm³/mol. The van der Waals surface area contributed by atoms with Crippen LogP contribution in [0.4, 0.5) is 20.5 Å². The van der Waals surface area contributed by atoms with E-state index in [0.717, 1.165) is 31.2 Å². The Morgan fingerprint density at radius 3 is 2.55 bits per heavy atom. The Morgan fingerprint density at radius 1 is 1.09 bits per heavy atom. The van der Waals surface area contributed by atoms with E-state index in [-0.39, 0.29) is 18.7 Å². The molecule has 0 saturated carbocycles. The van der Waals surface area contributed by atoms with Gasteiger partial charge in [-0.25, -0.2) is 13.8 Å². The molecule has 33 heavy (non-hydrogen) atoms. The number of aromatic nitrogens is 3. The number of halogens is 2. The Labute approximate surface area is 191 Å². The molecule has 1 aromatic carbocycles. The summed E-state index contributed by atoms with van der Waals surface area (Å²) < 4.78 is 38.4. The number of benzene rings is 1. The summed E-state index contributed by atoms with van der Waals surface area (Å²) in [6.07, 6.45) is 5.40. The number of nitrogens with zero attached hydrogens (tertiary/aromatic N) is 4. The predicted octanol–water partition coefficient (Wildman–Crippen LogP) is 4.31. The summed E-state index contributed by atoms with van der Waals surface area (Å²) >= 11 is 0. The summed E-state index contributed by atoms with van der Waals surface area (Å²) in [7, 11) is 1.83. The topological polar surface area (TPSA) is 72.4 Å². The lowest BCUT2D eigenvalue weighted by molar-refractivity contribution is 0.0874. The van der Waals surface area contributed by atoms with Gasteiger partial charge in [0.25, 0.3) is 0 Å². The number of aryl methyl sites for hydroxylation is 1. The molecule has 9 heteroatoms. The Bertz CT molecular complexity index is 1040. The first-order valence-corrected chi connectivity index (χ1v) is 10.9. The summed E-state index contributed by atoms with van der Waals surface area (Å²) in [6.45, 7) is 3.64. The third kappa shape index (κ3) is 5.92. The van der Waals surface area contributed by atoms with Crippen LogP contribution in [0, 0.1) is 18.6 Å². The molecule has 1 fully saturated rings. The maximum atomic E-state index is 13.6. The normalized spacial score (nSPS) is 19.6. The zero-order valence-electron chi connectivity index (χ0n) is 18.7. The van der Waals surface area contributed by atoms with E-state index >= 15 is 0 Å². The molecule has 3 aromatic rings. The average molecular weight is 456 g/mol. The van der Waals surface area contributed by atoms with Crippen LogP contribution in [0.25, 0.3) is 0 Å². The van der Waals surface area contributed by atoms with Crippen LogP contribution in [0.5, 0.6) is 5.75 Å². The van der Waals surface area contributed by atoms with Crippen LogP contribution in [0.2, 0.25) is 0 Å². The molecule has 2 aromatic heterocycles. The van der Waals surface area contributed by atoms with Crippen LogP contribution in [0.15, 0.2) is 48.8 Å². The van der Waals surface area contributed by atoms with Crippen LogP contribution in [-0.2, 0) is 4.74 Å². The molecule has 5 rings (SSSR count). The van der Waals surface area contributed by atoms with Gasteiger partial charge in [-0.2, -0.15) is 4.98 Å². The molecule has 0 spiro atoms. The maximum Gasteiger partial charge on any atom is 0.225 e. The van der Waals surface area contributed by atoms with Crippen molar-refractivity contribution in [2.24, 2.45) is 0 Å². The fourth-order valence-electron chi connectivity index (χ4n) is 3.79. The number of hydrogen-bond donors (Lipinski definition) is 1. The number of nitrogens with one attached hydrogen (secondary N) is 1. The highest BCUT2D eigenvalue weighted by atomic mass is 19.1. The van der Waals surface area contributed by atoms with Crippen molar-refractivity contribution in [3.63, 3.8) is 0 Å². The number of ether oxygens (including phenoxy) is 2. The van der Waals surface area contributed by atoms with Gasteiger partial charge in [0, 0.05) is 31.6 Å². The van der Waals surface area contributed by atoms with Crippen LogP contribution in [0.3, 0.4) is 0 Å². The van der Waals surface area contributed by atoms with E-state index in [0.29, 0.717) is 29.7 Å². The van der Waals surface area contributed by atoms with Crippen molar-refractivity contribution in [1.29, 1.82) is 0 Å². The summed E-state index contributed by atoms with van der Waals surface area (Å²) in [4.78, 5) is 14.7. The number of rotatable bonds is 3. The minimum absolute atomic E-state index is 0.171. The van der Waals surface area contributed by atoms with Gasteiger partial charge in [0.2, 0.25) is 5.95 Å². The fraction of sp³-hybridized carbons (Fsp3) is 0.375. The van der Waals surface area contributed by atoms with Gasteiger partial charge in [0.1, 0.15) is 18.2 Å². The van der Waals surface area contributed by atoms with Gasteiger partial charge in [-0.05, 0) is 49.6 Å². The Hall–Kier alpha value is -3.33. The van der Waals surface area contributed by atoms with E-state index in [9.17, 15) is 8.78 Å². The molecule has 0 amide bonds. The van der Waals surface area contributed by atoms with E-state index in [1.807, 2.05) is 37.1 Å². The van der Waals surface area contributed by atoms with Gasteiger partial charge in [-0.15, -0.1) is 0 Å². The highest BCUT2D eigenvalue weighted by Gasteiger charge is 2.29. The van der Waals surface area contributed by atoms with E-state index in [1.165, 1.54) is 12.1 Å². The first-order chi connectivity index (χ1) is 16.0. The molecule has 2 atom stereocenters. The van der Waals surface area contributed by atoms with Crippen LogP contribution < -0.4 is 15.0 Å². The van der Waals surface area contributed by atoms with Gasteiger partial charge >= 0.3 is 0 Å². The second-order valence-electron chi connectivity index (χ2n) is 8.05. The first kappa shape index (κ1) is 22.8. The number of likely N-dealkylation sites (N-methyl/N-ethyl adjacent to an activating group) is 1. The zero-order valence-corrected chi connectivity index (χ0v) is 18.7. The monoisotopic (exact) mass is 455 g/mol. The zero-order chi connectivity index (χ0) is 23.2. The average Bonchev–Trinajstić information content (AvgIpc) is 2.81. The standard InChI is InChI=1S/C18H20F2N4O2.C6H7N/c1-24-15(11-5-12(19)7-13(20)6-11)10-26-16-8-21-18(23-17(16)24)22-14-3-2-4-25-9-14;1-6-4-2-3-5-7-6/h5-8,14-15H,2-4,9-10H2,1H3,(H,21,22,23);2-5H,1H3. The highest BCUT2D eigenvalue weighted by molar-refractivity contribution is 5.57. The summed E-state index contributed by atoms with van der Waals surface area (Å²) in [5, 5.41) is 3.27. The maximum absolute atomic E-state index is 13.6. The minimum atomic E-state index is -0.610. The second kappa shape index (κ2) is 10.5. The Kier molecular flexibility index (Phi) is 7.29. The molecular formula is C24H27F2N5O2. The molecule has 4 heterocycles. The lowest BCUT2D eigenvalue weighted by atomic mass is 10.0. The lowest BCUT2D eigenvalue weighted by Gasteiger charge is -2.35. The van der Waals surface area contributed by atoms with Crippen LogP contribution >= 0.6 is 0 Å². The molecule has 0 bridgehead atoms. The van der Waals surface area contributed by atoms with Gasteiger partial charge in [0.15, 0.2) is 11.6 Å². The first-order valence-electron chi connectivity index (χ1n) is 10.9. The van der Waals surface area contributed by atoms with Crippen LogP contribution in [-0.4, -0.2) is 47.9 Å². The molecule has 174 valence electrons. The summed E-state index contributed by atoms with van der Waals surface area (Å²) in [5.41, 5.74) is 1.58. The van der Waals surface area contributed by atoms with Crippen molar-refractivity contribution in [1.82, 2.24) is 15.0 Å².